The molecule has 1 N–H and O–H groups in total. The van der Waals surface area contributed by atoms with Gasteiger partial charge in [-0.1, -0.05) is 30.3 Å². The van der Waals surface area contributed by atoms with E-state index in [0.29, 0.717) is 12.6 Å². The Bertz CT molecular complexity index is 323. The predicted molar refractivity (Wildman–Crippen MR) is 72.6 cm³/mol. The van der Waals surface area contributed by atoms with E-state index >= 15 is 0 Å². The van der Waals surface area contributed by atoms with Crippen molar-refractivity contribution in [3.8, 4) is 0 Å². The van der Waals surface area contributed by atoms with Crippen LogP contribution in [0.5, 0.6) is 0 Å². The van der Waals surface area contributed by atoms with Gasteiger partial charge in [-0.15, -0.1) is 0 Å². The topological polar surface area (TPSA) is 30.5 Å². The van der Waals surface area contributed by atoms with E-state index in [0.717, 1.165) is 25.7 Å². The molecule has 0 spiro atoms. The molecule has 2 atom stereocenters. The average Bonchev–Trinajstić information content (AvgIpc) is 2.92. The molecule has 1 heterocycles. The number of hydrogen-bond acceptors (Lipinski definition) is 3. The van der Waals surface area contributed by atoms with Gasteiger partial charge in [0.15, 0.2) is 0 Å². The van der Waals surface area contributed by atoms with Crippen LogP contribution in [0.25, 0.3) is 0 Å². The summed E-state index contributed by atoms with van der Waals surface area (Å²) < 4.78 is 10.7. The number of methoxy groups -OCH3 is 1. The molecule has 1 aromatic rings. The third-order valence-corrected chi connectivity index (χ3v) is 3.50. The highest BCUT2D eigenvalue weighted by atomic mass is 16.5. The first-order chi connectivity index (χ1) is 8.90. The Hall–Kier alpha value is -0.900. The van der Waals surface area contributed by atoms with Crippen LogP contribution in [0.1, 0.15) is 24.4 Å². The molecule has 3 nitrogen and oxygen atoms in total. The quantitative estimate of drug-likeness (QED) is 0.805. The van der Waals surface area contributed by atoms with E-state index in [4.69, 9.17) is 9.47 Å². The van der Waals surface area contributed by atoms with Crippen LogP contribution in [0.4, 0.5) is 0 Å². The maximum atomic E-state index is 5.39. The fraction of sp³-hybridized carbons (Fsp3) is 0.600. The molecule has 1 saturated heterocycles. The summed E-state index contributed by atoms with van der Waals surface area (Å²) in [7, 11) is 1.75. The zero-order chi connectivity index (χ0) is 12.6. The fourth-order valence-electron chi connectivity index (χ4n) is 2.40. The monoisotopic (exact) mass is 249 g/mol. The normalized spacial score (nSPS) is 21.1. The van der Waals surface area contributed by atoms with Crippen molar-refractivity contribution in [1.29, 1.82) is 0 Å². The molecule has 1 fully saturated rings. The van der Waals surface area contributed by atoms with Crippen LogP contribution in [0.15, 0.2) is 30.3 Å². The van der Waals surface area contributed by atoms with Crippen molar-refractivity contribution < 1.29 is 9.47 Å². The second-order valence-corrected chi connectivity index (χ2v) is 4.89. The molecule has 0 amide bonds. The largest absolute Gasteiger partial charge is 0.383 e. The van der Waals surface area contributed by atoms with Gasteiger partial charge in [0, 0.05) is 20.3 Å². The first-order valence-electron chi connectivity index (χ1n) is 6.75. The number of ether oxygens (including phenoxy) is 2. The predicted octanol–water partition coefficient (Wildman–Crippen LogP) is 2.39. The summed E-state index contributed by atoms with van der Waals surface area (Å²) in [5.41, 5.74) is 1.29. The molecule has 1 aliphatic heterocycles. The van der Waals surface area contributed by atoms with Gasteiger partial charge in [0.05, 0.1) is 12.6 Å². The Morgan fingerprint density at radius 3 is 2.89 bits per heavy atom. The van der Waals surface area contributed by atoms with Crippen molar-refractivity contribution >= 4 is 0 Å². The third-order valence-electron chi connectivity index (χ3n) is 3.50. The van der Waals surface area contributed by atoms with Crippen LogP contribution in [0.2, 0.25) is 0 Å². The summed E-state index contributed by atoms with van der Waals surface area (Å²) in [6.07, 6.45) is 2.40. The maximum absolute atomic E-state index is 5.39. The van der Waals surface area contributed by atoms with E-state index in [1.807, 2.05) is 6.07 Å². The third kappa shape index (κ3) is 4.09. The van der Waals surface area contributed by atoms with E-state index in [2.05, 4.69) is 29.6 Å². The number of hydrogen-bond donors (Lipinski definition) is 1. The molecule has 0 bridgehead atoms. The Morgan fingerprint density at radius 1 is 1.39 bits per heavy atom. The van der Waals surface area contributed by atoms with Crippen molar-refractivity contribution in [2.75, 3.05) is 33.5 Å². The first kappa shape index (κ1) is 13.5. The Kier molecular flexibility index (Phi) is 5.65. The highest BCUT2D eigenvalue weighted by Gasteiger charge is 2.16. The van der Waals surface area contributed by atoms with E-state index in [9.17, 15) is 0 Å². The number of nitrogens with one attached hydrogen (secondary N) is 1. The summed E-state index contributed by atoms with van der Waals surface area (Å²) in [5, 5.41) is 3.58. The van der Waals surface area contributed by atoms with E-state index in [1.54, 1.807) is 7.11 Å². The molecule has 100 valence electrons. The lowest BCUT2D eigenvalue weighted by Gasteiger charge is -2.19. The van der Waals surface area contributed by atoms with Crippen LogP contribution in [-0.4, -0.2) is 33.5 Å². The SMILES string of the molecule is COCC(NCCC1CCOC1)c1ccccc1. The van der Waals surface area contributed by atoms with Crippen LogP contribution >= 0.6 is 0 Å². The van der Waals surface area contributed by atoms with Gasteiger partial charge in [-0.05, 0) is 30.9 Å². The molecule has 2 unspecified atom stereocenters. The summed E-state index contributed by atoms with van der Waals surface area (Å²) in [5.74, 6) is 0.733. The van der Waals surface area contributed by atoms with Gasteiger partial charge in [0.2, 0.25) is 0 Å². The smallest absolute Gasteiger partial charge is 0.0657 e. The average molecular weight is 249 g/mol. The zero-order valence-corrected chi connectivity index (χ0v) is 11.1. The Balaban J connectivity index is 1.79. The molecule has 0 aliphatic carbocycles. The van der Waals surface area contributed by atoms with Crippen molar-refractivity contribution in [1.82, 2.24) is 5.32 Å². The summed E-state index contributed by atoms with van der Waals surface area (Å²) in [6, 6.07) is 10.8. The van der Waals surface area contributed by atoms with Crippen molar-refractivity contribution in [2.45, 2.75) is 18.9 Å². The lowest BCUT2D eigenvalue weighted by atomic mass is 10.0. The second-order valence-electron chi connectivity index (χ2n) is 4.89. The van der Waals surface area contributed by atoms with Gasteiger partial charge >= 0.3 is 0 Å². The molecule has 0 radical (unpaired) electrons. The molecule has 2 rings (SSSR count). The van der Waals surface area contributed by atoms with Crippen LogP contribution in [0.3, 0.4) is 0 Å². The van der Waals surface area contributed by atoms with Gasteiger partial charge in [0.25, 0.3) is 0 Å². The van der Waals surface area contributed by atoms with E-state index in [1.165, 1.54) is 18.4 Å². The Labute approximate surface area is 109 Å². The molecule has 1 aliphatic rings. The molecule has 1 aromatic carbocycles. The first-order valence-corrected chi connectivity index (χ1v) is 6.75. The standard InChI is InChI=1S/C15H23NO2/c1-17-12-15(14-5-3-2-4-6-14)16-9-7-13-8-10-18-11-13/h2-6,13,15-16H,7-12H2,1H3. The molecule has 0 saturated carbocycles. The van der Waals surface area contributed by atoms with Gasteiger partial charge in [-0.25, -0.2) is 0 Å². The van der Waals surface area contributed by atoms with E-state index < -0.39 is 0 Å². The van der Waals surface area contributed by atoms with Crippen molar-refractivity contribution in [3.05, 3.63) is 35.9 Å². The highest BCUT2D eigenvalue weighted by Crippen LogP contribution is 2.17. The second kappa shape index (κ2) is 7.52. The van der Waals surface area contributed by atoms with Gasteiger partial charge in [0.1, 0.15) is 0 Å². The maximum Gasteiger partial charge on any atom is 0.0657 e. The van der Waals surface area contributed by atoms with Crippen LogP contribution in [0, 0.1) is 5.92 Å². The summed E-state index contributed by atoms with van der Waals surface area (Å²) in [4.78, 5) is 0. The molecular formula is C15H23NO2. The van der Waals surface area contributed by atoms with Crippen molar-refractivity contribution in [2.24, 2.45) is 5.92 Å². The minimum absolute atomic E-state index is 0.290. The minimum atomic E-state index is 0.290. The number of rotatable bonds is 7. The van der Waals surface area contributed by atoms with Crippen molar-refractivity contribution in [3.63, 3.8) is 0 Å². The molecule has 18 heavy (non-hydrogen) atoms. The minimum Gasteiger partial charge on any atom is -0.383 e. The van der Waals surface area contributed by atoms with Gasteiger partial charge in [-0.3, -0.25) is 0 Å². The van der Waals surface area contributed by atoms with Gasteiger partial charge in [-0.2, -0.15) is 0 Å². The summed E-state index contributed by atoms with van der Waals surface area (Å²) in [6.45, 7) is 3.61. The zero-order valence-electron chi connectivity index (χ0n) is 11.1. The fourth-order valence-corrected chi connectivity index (χ4v) is 2.40. The highest BCUT2D eigenvalue weighted by molar-refractivity contribution is 5.18. The molecule has 3 heteroatoms. The van der Waals surface area contributed by atoms with E-state index in [-0.39, 0.29) is 0 Å². The molecule has 0 aromatic heterocycles. The van der Waals surface area contributed by atoms with Crippen LogP contribution < -0.4 is 5.32 Å². The van der Waals surface area contributed by atoms with Crippen LogP contribution in [-0.2, 0) is 9.47 Å². The lowest BCUT2D eigenvalue weighted by molar-refractivity contribution is 0.164. The Morgan fingerprint density at radius 2 is 2.22 bits per heavy atom. The molecular weight excluding hydrogens is 226 g/mol. The van der Waals surface area contributed by atoms with Gasteiger partial charge < -0.3 is 14.8 Å². The summed E-state index contributed by atoms with van der Waals surface area (Å²) >= 11 is 0. The lowest BCUT2D eigenvalue weighted by Crippen LogP contribution is -2.27. The number of benzene rings is 1.